The molecule has 0 radical (unpaired) electrons. The van der Waals surface area contributed by atoms with Crippen LogP contribution in [0.2, 0.25) is 0 Å². The van der Waals surface area contributed by atoms with Gasteiger partial charge in [0.15, 0.2) is 11.4 Å². The minimum atomic E-state index is -4.69. The average molecular weight is 542 g/mol. The van der Waals surface area contributed by atoms with Crippen molar-refractivity contribution < 1.29 is 37.0 Å². The van der Waals surface area contributed by atoms with Crippen LogP contribution in [0.4, 0.5) is 17.6 Å². The number of halogens is 4. The van der Waals surface area contributed by atoms with E-state index in [0.717, 1.165) is 6.20 Å². The highest BCUT2D eigenvalue weighted by atomic mass is 19.4. The number of methoxy groups -OCH3 is 1. The number of ether oxygens (including phenoxy) is 1. The molecule has 2 aliphatic rings. The minimum absolute atomic E-state index is 0.0368. The Kier molecular flexibility index (Phi) is 7.69. The fraction of sp³-hybridized carbons (Fsp3) is 0.600. The van der Waals surface area contributed by atoms with Crippen molar-refractivity contribution in [1.82, 2.24) is 25.4 Å². The van der Waals surface area contributed by atoms with Crippen molar-refractivity contribution in [3.8, 4) is 17.1 Å². The molecule has 2 aromatic heterocycles. The highest BCUT2D eigenvalue weighted by Gasteiger charge is 2.54. The number of nitrogens with one attached hydrogen (secondary N) is 2. The number of aromatic amines is 1. The third-order valence-electron chi connectivity index (χ3n) is 7.71. The first-order valence-electron chi connectivity index (χ1n) is 12.5. The number of aromatic nitrogens is 3. The fourth-order valence-corrected chi connectivity index (χ4v) is 5.28. The summed E-state index contributed by atoms with van der Waals surface area (Å²) in [6.45, 7) is 3.94. The van der Waals surface area contributed by atoms with E-state index in [1.165, 1.54) is 19.2 Å². The Morgan fingerprint density at radius 1 is 1.24 bits per heavy atom. The van der Waals surface area contributed by atoms with Gasteiger partial charge in [0.2, 0.25) is 11.8 Å². The molecule has 1 aliphatic heterocycles. The van der Waals surface area contributed by atoms with E-state index >= 15 is 0 Å². The van der Waals surface area contributed by atoms with E-state index in [-0.39, 0.29) is 66.0 Å². The Morgan fingerprint density at radius 3 is 2.55 bits per heavy atom. The summed E-state index contributed by atoms with van der Waals surface area (Å²) in [6, 6.07) is 2.08. The van der Waals surface area contributed by atoms with Gasteiger partial charge in [-0.15, -0.1) is 0 Å². The zero-order valence-electron chi connectivity index (χ0n) is 21.3. The first-order chi connectivity index (χ1) is 17.8. The standard InChI is InChI=1S/C25H31F4N5O4/c1-13-12-34(23(36)20-10-19(32-33-20)17-9-21(38-3)30-11-18(17)26)14(2)8-16(13)22(35)31-15-4-6-24(37,7-5-15)25(27,28)29/h9-11,13-16,37H,4-8,12H2,1-3H3,(H,31,35)(H,32,33)/t13-,14+,15?,16?,24?/m0/s1. The van der Waals surface area contributed by atoms with Gasteiger partial charge >= 0.3 is 6.18 Å². The number of pyridine rings is 1. The van der Waals surface area contributed by atoms with Crippen molar-refractivity contribution >= 4 is 11.8 Å². The summed E-state index contributed by atoms with van der Waals surface area (Å²) in [5.41, 5.74) is -2.20. The van der Waals surface area contributed by atoms with Gasteiger partial charge in [0, 0.05) is 36.2 Å². The van der Waals surface area contributed by atoms with Crippen LogP contribution in [0.15, 0.2) is 18.3 Å². The van der Waals surface area contributed by atoms with Crippen molar-refractivity contribution in [1.29, 1.82) is 0 Å². The van der Waals surface area contributed by atoms with E-state index < -0.39 is 42.4 Å². The molecule has 3 heterocycles. The first kappa shape index (κ1) is 27.8. The maximum Gasteiger partial charge on any atom is 0.417 e. The maximum absolute atomic E-state index is 14.3. The number of likely N-dealkylation sites (tertiary alicyclic amines) is 1. The molecular formula is C25H31F4N5O4. The molecule has 208 valence electrons. The van der Waals surface area contributed by atoms with Gasteiger partial charge in [-0.25, -0.2) is 9.37 Å². The number of piperidine rings is 1. The first-order valence-corrected chi connectivity index (χ1v) is 12.5. The summed E-state index contributed by atoms with van der Waals surface area (Å²) in [6.07, 6.45) is -4.15. The maximum atomic E-state index is 14.3. The Labute approximate surface area is 217 Å². The van der Waals surface area contributed by atoms with Crippen LogP contribution in [0, 0.1) is 17.7 Å². The van der Waals surface area contributed by atoms with Gasteiger partial charge in [0.05, 0.1) is 19.0 Å². The average Bonchev–Trinajstić information content (AvgIpc) is 3.36. The molecule has 1 unspecified atom stereocenters. The van der Waals surface area contributed by atoms with Crippen LogP contribution in [-0.2, 0) is 4.79 Å². The Morgan fingerprint density at radius 2 is 1.92 bits per heavy atom. The third kappa shape index (κ3) is 5.47. The molecule has 1 saturated heterocycles. The summed E-state index contributed by atoms with van der Waals surface area (Å²) in [5.74, 6) is -1.66. The van der Waals surface area contributed by atoms with Crippen molar-refractivity contribution in [3.05, 3.63) is 29.8 Å². The van der Waals surface area contributed by atoms with Gasteiger partial charge in [0.25, 0.3) is 5.91 Å². The lowest BCUT2D eigenvalue weighted by Gasteiger charge is -2.42. The summed E-state index contributed by atoms with van der Waals surface area (Å²) in [4.78, 5) is 31.7. The second kappa shape index (κ2) is 10.5. The molecule has 1 saturated carbocycles. The van der Waals surface area contributed by atoms with E-state index in [9.17, 15) is 32.3 Å². The monoisotopic (exact) mass is 541 g/mol. The summed E-state index contributed by atoms with van der Waals surface area (Å²) >= 11 is 0. The van der Waals surface area contributed by atoms with Crippen LogP contribution in [0.3, 0.4) is 0 Å². The molecular weight excluding hydrogens is 510 g/mol. The minimum Gasteiger partial charge on any atom is -0.481 e. The molecule has 3 N–H and O–H groups in total. The fourth-order valence-electron chi connectivity index (χ4n) is 5.28. The van der Waals surface area contributed by atoms with Crippen LogP contribution in [0.25, 0.3) is 11.3 Å². The molecule has 0 bridgehead atoms. The Balaban J connectivity index is 1.37. The Bertz CT molecular complexity index is 1180. The molecule has 2 aromatic rings. The molecule has 38 heavy (non-hydrogen) atoms. The van der Waals surface area contributed by atoms with E-state index in [2.05, 4.69) is 20.5 Å². The van der Waals surface area contributed by atoms with Crippen LogP contribution in [0.5, 0.6) is 5.88 Å². The second-order valence-electron chi connectivity index (χ2n) is 10.3. The second-order valence-corrected chi connectivity index (χ2v) is 10.3. The lowest BCUT2D eigenvalue weighted by Crippen LogP contribution is -2.54. The molecule has 13 heteroatoms. The summed E-state index contributed by atoms with van der Waals surface area (Å²) in [5, 5.41) is 19.4. The van der Waals surface area contributed by atoms with Gasteiger partial charge in [-0.05, 0) is 51.0 Å². The van der Waals surface area contributed by atoms with Gasteiger partial charge in [-0.3, -0.25) is 14.7 Å². The molecule has 9 nitrogen and oxygen atoms in total. The van der Waals surface area contributed by atoms with E-state index in [1.807, 2.05) is 13.8 Å². The highest BCUT2D eigenvalue weighted by Crippen LogP contribution is 2.41. The van der Waals surface area contributed by atoms with Crippen LogP contribution >= 0.6 is 0 Å². The quantitative estimate of drug-likeness (QED) is 0.499. The van der Waals surface area contributed by atoms with Crippen molar-refractivity contribution in [2.24, 2.45) is 11.8 Å². The van der Waals surface area contributed by atoms with Crippen molar-refractivity contribution in [3.63, 3.8) is 0 Å². The van der Waals surface area contributed by atoms with Gasteiger partial charge in [-0.1, -0.05) is 6.92 Å². The number of alkyl halides is 3. The zero-order valence-corrected chi connectivity index (χ0v) is 21.3. The predicted molar refractivity (Wildman–Crippen MR) is 128 cm³/mol. The van der Waals surface area contributed by atoms with Crippen molar-refractivity contribution in [2.45, 2.75) is 69.8 Å². The molecule has 0 aromatic carbocycles. The van der Waals surface area contributed by atoms with Gasteiger partial charge < -0.3 is 20.1 Å². The number of H-pyrrole nitrogens is 1. The number of hydrogen-bond donors (Lipinski definition) is 3. The van der Waals surface area contributed by atoms with Crippen LogP contribution in [-0.4, -0.2) is 74.5 Å². The topological polar surface area (TPSA) is 120 Å². The molecule has 1 aliphatic carbocycles. The summed E-state index contributed by atoms with van der Waals surface area (Å²) < 4.78 is 58.5. The molecule has 2 amide bonds. The zero-order chi connectivity index (χ0) is 27.8. The lowest BCUT2D eigenvalue weighted by atomic mass is 9.80. The predicted octanol–water partition coefficient (Wildman–Crippen LogP) is 3.46. The van der Waals surface area contributed by atoms with E-state index in [4.69, 9.17) is 4.74 Å². The van der Waals surface area contributed by atoms with Crippen molar-refractivity contribution in [2.75, 3.05) is 13.7 Å². The molecule has 4 rings (SSSR count). The normalized spacial score (nSPS) is 28.2. The number of nitrogens with zero attached hydrogens (tertiary/aromatic N) is 3. The van der Waals surface area contributed by atoms with Crippen LogP contribution < -0.4 is 10.1 Å². The van der Waals surface area contributed by atoms with Gasteiger partial charge in [0.1, 0.15) is 5.69 Å². The van der Waals surface area contributed by atoms with Gasteiger partial charge in [-0.2, -0.15) is 18.3 Å². The van der Waals surface area contributed by atoms with E-state index in [1.54, 1.807) is 4.90 Å². The molecule has 3 atom stereocenters. The van der Waals surface area contributed by atoms with E-state index in [0.29, 0.717) is 6.42 Å². The number of rotatable bonds is 5. The number of amides is 2. The molecule has 2 fully saturated rings. The lowest BCUT2D eigenvalue weighted by molar-refractivity contribution is -0.270. The number of carbonyl (C=O) groups is 2. The SMILES string of the molecule is COc1cc(-c2cc(C(=O)N3C[C@H](C)C(C(=O)NC4CCC(O)(C(F)(F)F)CC4)C[C@H]3C)[nH]n2)c(F)cn1. The number of hydrogen-bond acceptors (Lipinski definition) is 6. The molecule has 0 spiro atoms. The largest absolute Gasteiger partial charge is 0.481 e. The Hall–Kier alpha value is -3.22. The summed E-state index contributed by atoms with van der Waals surface area (Å²) in [7, 11) is 1.40. The number of carbonyl (C=O) groups excluding carboxylic acids is 2. The third-order valence-corrected chi connectivity index (χ3v) is 7.71. The number of aliphatic hydroxyl groups is 1. The smallest absolute Gasteiger partial charge is 0.417 e. The highest BCUT2D eigenvalue weighted by molar-refractivity contribution is 5.94. The van der Waals surface area contributed by atoms with Crippen LogP contribution in [0.1, 0.15) is 56.4 Å².